The van der Waals surface area contributed by atoms with Crippen LogP contribution in [0.1, 0.15) is 5.56 Å². The molecule has 3 nitrogen and oxygen atoms in total. The second-order valence-electron chi connectivity index (χ2n) is 3.71. The average molecular weight is 231 g/mol. The third kappa shape index (κ3) is 4.51. The summed E-state index contributed by atoms with van der Waals surface area (Å²) >= 11 is 0. The Morgan fingerprint density at radius 1 is 1.27 bits per heavy atom. The van der Waals surface area contributed by atoms with Crippen LogP contribution in [0.2, 0.25) is 0 Å². The Kier molecular flexibility index (Phi) is 6.32. The lowest BCUT2D eigenvalue weighted by Crippen LogP contribution is -2.26. The standard InChI is InChI=1S/C11H18N2O.ClH/c1-13(2)11-5-3-9(4-6-11)7-10(12)8-14;/h3-6,10,14H,7-8,12H2,1-2H3;1H. The molecule has 4 heteroatoms. The highest BCUT2D eigenvalue weighted by molar-refractivity contribution is 5.85. The largest absolute Gasteiger partial charge is 0.395 e. The predicted octanol–water partition coefficient (Wildman–Crippen LogP) is 1.04. The second-order valence-corrected chi connectivity index (χ2v) is 3.71. The van der Waals surface area contributed by atoms with Gasteiger partial charge in [-0.05, 0) is 24.1 Å². The summed E-state index contributed by atoms with van der Waals surface area (Å²) in [6, 6.07) is 8.05. The topological polar surface area (TPSA) is 49.5 Å². The van der Waals surface area contributed by atoms with Gasteiger partial charge < -0.3 is 15.7 Å². The van der Waals surface area contributed by atoms with Gasteiger partial charge in [0.05, 0.1) is 6.61 Å². The SMILES string of the molecule is CN(C)c1ccc(CC(N)CO)cc1.Cl. The molecule has 1 aromatic carbocycles. The Hall–Kier alpha value is -0.770. The van der Waals surface area contributed by atoms with Gasteiger partial charge in [-0.3, -0.25) is 0 Å². The predicted molar refractivity (Wildman–Crippen MR) is 66.8 cm³/mol. The smallest absolute Gasteiger partial charge is 0.0585 e. The van der Waals surface area contributed by atoms with Crippen LogP contribution in [-0.2, 0) is 6.42 Å². The van der Waals surface area contributed by atoms with Crippen LogP contribution in [0.4, 0.5) is 5.69 Å². The molecule has 1 unspecified atom stereocenters. The van der Waals surface area contributed by atoms with Crippen molar-refractivity contribution in [2.75, 3.05) is 25.6 Å². The van der Waals surface area contributed by atoms with Crippen molar-refractivity contribution >= 4 is 18.1 Å². The number of hydrogen-bond donors (Lipinski definition) is 2. The fourth-order valence-corrected chi connectivity index (χ4v) is 1.30. The van der Waals surface area contributed by atoms with Crippen LogP contribution in [-0.4, -0.2) is 31.9 Å². The third-order valence-corrected chi connectivity index (χ3v) is 2.19. The van der Waals surface area contributed by atoms with E-state index in [2.05, 4.69) is 17.0 Å². The molecule has 0 heterocycles. The molecule has 0 aliphatic carbocycles. The maximum atomic E-state index is 8.81. The summed E-state index contributed by atoms with van der Waals surface area (Å²) in [7, 11) is 4.02. The molecule has 0 bridgehead atoms. The van der Waals surface area contributed by atoms with Gasteiger partial charge >= 0.3 is 0 Å². The molecule has 0 saturated heterocycles. The minimum atomic E-state index is -0.153. The number of benzene rings is 1. The van der Waals surface area contributed by atoms with Crippen LogP contribution in [0.15, 0.2) is 24.3 Å². The summed E-state index contributed by atoms with van der Waals surface area (Å²) in [6.45, 7) is 0.0371. The number of anilines is 1. The highest BCUT2D eigenvalue weighted by Gasteiger charge is 2.02. The van der Waals surface area contributed by atoms with Gasteiger partial charge in [-0.15, -0.1) is 12.4 Å². The van der Waals surface area contributed by atoms with Crippen molar-refractivity contribution in [2.24, 2.45) is 5.73 Å². The maximum Gasteiger partial charge on any atom is 0.0585 e. The van der Waals surface area contributed by atoms with E-state index in [0.717, 1.165) is 12.0 Å². The van der Waals surface area contributed by atoms with Gasteiger partial charge in [-0.1, -0.05) is 12.1 Å². The Bertz CT molecular complexity index is 274. The van der Waals surface area contributed by atoms with Gasteiger partial charge in [0.15, 0.2) is 0 Å². The second kappa shape index (κ2) is 6.67. The van der Waals surface area contributed by atoms with Crippen LogP contribution in [0, 0.1) is 0 Å². The summed E-state index contributed by atoms with van der Waals surface area (Å²) in [5.41, 5.74) is 7.98. The van der Waals surface area contributed by atoms with Crippen molar-refractivity contribution in [1.29, 1.82) is 0 Å². The summed E-state index contributed by atoms with van der Waals surface area (Å²) in [4.78, 5) is 2.05. The molecular weight excluding hydrogens is 212 g/mol. The van der Waals surface area contributed by atoms with E-state index in [1.807, 2.05) is 26.2 Å². The molecule has 0 amide bonds. The molecule has 1 rings (SSSR count). The maximum absolute atomic E-state index is 8.81. The summed E-state index contributed by atoms with van der Waals surface area (Å²) in [5, 5.41) is 8.81. The first-order valence-corrected chi connectivity index (χ1v) is 4.76. The van der Waals surface area contributed by atoms with Crippen molar-refractivity contribution in [1.82, 2.24) is 0 Å². The molecule has 0 fully saturated rings. The van der Waals surface area contributed by atoms with Crippen molar-refractivity contribution in [3.63, 3.8) is 0 Å². The first-order chi connectivity index (χ1) is 6.63. The minimum absolute atomic E-state index is 0. The van der Waals surface area contributed by atoms with Crippen molar-refractivity contribution < 1.29 is 5.11 Å². The first-order valence-electron chi connectivity index (χ1n) is 4.76. The van der Waals surface area contributed by atoms with Gasteiger partial charge in [-0.25, -0.2) is 0 Å². The van der Waals surface area contributed by atoms with Crippen LogP contribution in [0.25, 0.3) is 0 Å². The number of nitrogens with zero attached hydrogens (tertiary/aromatic N) is 1. The van der Waals surface area contributed by atoms with Crippen LogP contribution >= 0.6 is 12.4 Å². The number of rotatable bonds is 4. The lowest BCUT2D eigenvalue weighted by Gasteiger charge is -2.13. The number of hydrogen-bond acceptors (Lipinski definition) is 3. The number of halogens is 1. The number of aliphatic hydroxyl groups is 1. The van der Waals surface area contributed by atoms with Gasteiger partial charge in [0.2, 0.25) is 0 Å². The fraction of sp³-hybridized carbons (Fsp3) is 0.455. The molecule has 86 valence electrons. The quantitative estimate of drug-likeness (QED) is 0.813. The highest BCUT2D eigenvalue weighted by atomic mass is 35.5. The molecule has 1 atom stereocenters. The molecule has 0 radical (unpaired) electrons. The lowest BCUT2D eigenvalue weighted by atomic mass is 10.1. The zero-order valence-corrected chi connectivity index (χ0v) is 10.00. The fourth-order valence-electron chi connectivity index (χ4n) is 1.30. The summed E-state index contributed by atoms with van der Waals surface area (Å²) < 4.78 is 0. The molecule has 0 aromatic heterocycles. The molecule has 1 aromatic rings. The zero-order valence-electron chi connectivity index (χ0n) is 9.18. The van der Waals surface area contributed by atoms with E-state index in [1.165, 1.54) is 5.69 Å². The molecular formula is C11H19ClN2O. The van der Waals surface area contributed by atoms with Gasteiger partial charge in [0, 0.05) is 25.8 Å². The van der Waals surface area contributed by atoms with E-state index in [9.17, 15) is 0 Å². The highest BCUT2D eigenvalue weighted by Crippen LogP contribution is 2.12. The molecule has 0 aliphatic rings. The number of aliphatic hydroxyl groups excluding tert-OH is 1. The van der Waals surface area contributed by atoms with E-state index < -0.39 is 0 Å². The van der Waals surface area contributed by atoms with Gasteiger partial charge in [0.25, 0.3) is 0 Å². The van der Waals surface area contributed by atoms with E-state index in [1.54, 1.807) is 0 Å². The number of nitrogens with two attached hydrogens (primary N) is 1. The van der Waals surface area contributed by atoms with E-state index in [4.69, 9.17) is 10.8 Å². The third-order valence-electron chi connectivity index (χ3n) is 2.19. The Labute approximate surface area is 97.3 Å². The Balaban J connectivity index is 0.00000196. The van der Waals surface area contributed by atoms with Crippen molar-refractivity contribution in [2.45, 2.75) is 12.5 Å². The summed E-state index contributed by atoms with van der Waals surface area (Å²) in [5.74, 6) is 0. The normalized spacial score (nSPS) is 11.7. The van der Waals surface area contributed by atoms with Crippen LogP contribution in [0.3, 0.4) is 0 Å². The molecule has 0 spiro atoms. The Morgan fingerprint density at radius 3 is 2.20 bits per heavy atom. The summed E-state index contributed by atoms with van der Waals surface area (Å²) in [6.07, 6.45) is 0.726. The van der Waals surface area contributed by atoms with E-state index in [0.29, 0.717) is 0 Å². The average Bonchev–Trinajstić information content (AvgIpc) is 2.18. The monoisotopic (exact) mass is 230 g/mol. The van der Waals surface area contributed by atoms with E-state index in [-0.39, 0.29) is 25.1 Å². The van der Waals surface area contributed by atoms with Crippen LogP contribution < -0.4 is 10.6 Å². The Morgan fingerprint density at radius 2 is 1.80 bits per heavy atom. The van der Waals surface area contributed by atoms with Gasteiger partial charge in [-0.2, -0.15) is 0 Å². The van der Waals surface area contributed by atoms with E-state index >= 15 is 0 Å². The minimum Gasteiger partial charge on any atom is -0.395 e. The van der Waals surface area contributed by atoms with Crippen molar-refractivity contribution in [3.8, 4) is 0 Å². The molecule has 0 saturated carbocycles. The van der Waals surface area contributed by atoms with Crippen LogP contribution in [0.5, 0.6) is 0 Å². The lowest BCUT2D eigenvalue weighted by molar-refractivity contribution is 0.265. The molecule has 3 N–H and O–H groups in total. The van der Waals surface area contributed by atoms with Crippen molar-refractivity contribution in [3.05, 3.63) is 29.8 Å². The van der Waals surface area contributed by atoms with Gasteiger partial charge in [0.1, 0.15) is 0 Å². The molecule has 15 heavy (non-hydrogen) atoms. The zero-order chi connectivity index (χ0) is 10.6. The first kappa shape index (κ1) is 14.2. The molecule has 0 aliphatic heterocycles.